The summed E-state index contributed by atoms with van der Waals surface area (Å²) >= 11 is 1.80. The van der Waals surface area contributed by atoms with Crippen LogP contribution in [0.25, 0.3) is 0 Å². The summed E-state index contributed by atoms with van der Waals surface area (Å²) in [6.45, 7) is 12.7. The van der Waals surface area contributed by atoms with Gasteiger partial charge in [-0.1, -0.05) is 6.92 Å². The van der Waals surface area contributed by atoms with Crippen molar-refractivity contribution in [3.8, 4) is 0 Å². The molecule has 0 radical (unpaired) electrons. The summed E-state index contributed by atoms with van der Waals surface area (Å²) in [6, 6.07) is 0.231. The largest absolute Gasteiger partial charge is 0.444 e. The molecular weight excluding hydrogens is 300 g/mol. The molecule has 0 saturated carbocycles. The molecule has 22 heavy (non-hydrogen) atoms. The van der Waals surface area contributed by atoms with E-state index >= 15 is 0 Å². The summed E-state index contributed by atoms with van der Waals surface area (Å²) in [7, 11) is 0. The summed E-state index contributed by atoms with van der Waals surface area (Å²) < 4.78 is 5.35. The van der Waals surface area contributed by atoms with Crippen LogP contribution in [0.2, 0.25) is 0 Å². The molecule has 1 saturated heterocycles. The first kappa shape index (κ1) is 18.9. The normalized spacial score (nSPS) is 17.7. The monoisotopic (exact) mass is 330 g/mol. The standard InChI is InChI=1S/C15H30N4O2S/c1-7-16-13(17-8-11(2)22-6)18-12-9-19(10-12)14(20)21-15(3,4)5/h11-12H,7-10H2,1-6H3,(H2,16,17,18). The lowest BCUT2D eigenvalue weighted by atomic mass is 10.1. The van der Waals surface area contributed by atoms with Gasteiger partial charge in [0.2, 0.25) is 0 Å². The number of aliphatic imine (C=N–C) groups is 1. The van der Waals surface area contributed by atoms with E-state index < -0.39 is 5.60 Å². The first-order valence-corrected chi connectivity index (χ1v) is 9.09. The SMILES string of the molecule is CCNC(=NCC(C)SC)NC1CN(C(=O)OC(C)(C)C)C1. The van der Waals surface area contributed by atoms with Crippen LogP contribution >= 0.6 is 11.8 Å². The van der Waals surface area contributed by atoms with Crippen molar-refractivity contribution in [1.29, 1.82) is 0 Å². The van der Waals surface area contributed by atoms with Crippen LogP contribution < -0.4 is 10.6 Å². The highest BCUT2D eigenvalue weighted by atomic mass is 32.2. The average Bonchev–Trinajstić information content (AvgIpc) is 2.36. The summed E-state index contributed by atoms with van der Waals surface area (Å²) in [6.07, 6.45) is 1.84. The third-order valence-electron chi connectivity index (χ3n) is 3.13. The van der Waals surface area contributed by atoms with Crippen molar-refractivity contribution in [3.63, 3.8) is 0 Å². The molecule has 0 aromatic carbocycles. The van der Waals surface area contributed by atoms with Crippen molar-refractivity contribution < 1.29 is 9.53 Å². The maximum Gasteiger partial charge on any atom is 0.410 e. The van der Waals surface area contributed by atoms with Gasteiger partial charge in [0.05, 0.1) is 12.6 Å². The number of rotatable bonds is 5. The van der Waals surface area contributed by atoms with Crippen molar-refractivity contribution >= 4 is 23.8 Å². The quantitative estimate of drug-likeness (QED) is 0.595. The molecule has 0 aromatic rings. The molecule has 7 heteroatoms. The predicted octanol–water partition coefficient (Wildman–Crippen LogP) is 1.91. The summed E-state index contributed by atoms with van der Waals surface area (Å²) in [4.78, 5) is 18.2. The molecule has 0 spiro atoms. The minimum absolute atomic E-state index is 0.231. The van der Waals surface area contributed by atoms with Crippen molar-refractivity contribution in [2.24, 2.45) is 4.99 Å². The van der Waals surface area contributed by atoms with Gasteiger partial charge >= 0.3 is 6.09 Å². The molecule has 0 aliphatic carbocycles. The van der Waals surface area contributed by atoms with Crippen LogP contribution in [0.5, 0.6) is 0 Å². The fourth-order valence-corrected chi connectivity index (χ4v) is 2.08. The lowest BCUT2D eigenvalue weighted by Crippen LogP contribution is -2.63. The molecule has 2 N–H and O–H groups in total. The van der Waals surface area contributed by atoms with Gasteiger partial charge in [-0.25, -0.2) is 4.79 Å². The number of likely N-dealkylation sites (tertiary alicyclic amines) is 1. The zero-order valence-corrected chi connectivity index (χ0v) is 15.4. The third-order valence-corrected chi connectivity index (χ3v) is 4.08. The number of amides is 1. The molecule has 1 aliphatic heterocycles. The van der Waals surface area contributed by atoms with Crippen molar-refractivity contribution in [1.82, 2.24) is 15.5 Å². The molecule has 1 atom stereocenters. The third kappa shape index (κ3) is 6.77. The Morgan fingerprint density at radius 3 is 2.59 bits per heavy atom. The summed E-state index contributed by atoms with van der Waals surface area (Å²) in [5, 5.41) is 7.10. The van der Waals surface area contributed by atoms with Crippen LogP contribution in [0.3, 0.4) is 0 Å². The summed E-state index contributed by atoms with van der Waals surface area (Å²) in [5.41, 5.74) is -0.445. The van der Waals surface area contributed by atoms with Crippen LogP contribution in [-0.4, -0.2) is 66.3 Å². The van der Waals surface area contributed by atoms with Gasteiger partial charge in [-0.15, -0.1) is 0 Å². The molecule has 0 aromatic heterocycles. The number of ether oxygens (including phenoxy) is 1. The summed E-state index contributed by atoms with van der Waals surface area (Å²) in [5.74, 6) is 0.817. The van der Waals surface area contributed by atoms with E-state index in [-0.39, 0.29) is 12.1 Å². The highest BCUT2D eigenvalue weighted by molar-refractivity contribution is 7.99. The second-order valence-electron chi connectivity index (χ2n) is 6.49. The zero-order chi connectivity index (χ0) is 16.8. The van der Waals surface area contributed by atoms with Gasteiger partial charge in [0.25, 0.3) is 0 Å². The Labute approximate surface area is 138 Å². The second kappa shape index (κ2) is 8.50. The number of hydrogen-bond donors (Lipinski definition) is 2. The maximum absolute atomic E-state index is 11.9. The van der Waals surface area contributed by atoms with Crippen LogP contribution in [0.4, 0.5) is 4.79 Å². The maximum atomic E-state index is 11.9. The molecular formula is C15H30N4O2S. The second-order valence-corrected chi connectivity index (χ2v) is 7.77. The van der Waals surface area contributed by atoms with Crippen molar-refractivity contribution in [3.05, 3.63) is 0 Å². The number of hydrogen-bond acceptors (Lipinski definition) is 4. The van der Waals surface area contributed by atoms with Gasteiger partial charge in [-0.05, 0) is 34.0 Å². The minimum atomic E-state index is -0.445. The fraction of sp³-hybridized carbons (Fsp3) is 0.867. The van der Waals surface area contributed by atoms with E-state index in [0.717, 1.165) is 19.0 Å². The Hall–Kier alpha value is -1.11. The molecule has 1 rings (SSSR count). The predicted molar refractivity (Wildman–Crippen MR) is 93.7 cm³/mol. The molecule has 6 nitrogen and oxygen atoms in total. The first-order chi connectivity index (χ1) is 10.2. The van der Waals surface area contributed by atoms with Gasteiger partial charge in [0.15, 0.2) is 5.96 Å². The number of carbonyl (C=O) groups is 1. The molecule has 1 aliphatic rings. The van der Waals surface area contributed by atoms with Gasteiger partial charge in [0.1, 0.15) is 5.60 Å². The number of carbonyl (C=O) groups excluding carboxylic acids is 1. The van der Waals surface area contributed by atoms with E-state index in [9.17, 15) is 4.79 Å². The number of thioether (sulfide) groups is 1. The number of nitrogens with zero attached hydrogens (tertiary/aromatic N) is 2. The van der Waals surface area contributed by atoms with E-state index in [1.54, 1.807) is 16.7 Å². The highest BCUT2D eigenvalue weighted by Gasteiger charge is 2.34. The Balaban J connectivity index is 2.39. The Kier molecular flexibility index (Phi) is 7.32. The topological polar surface area (TPSA) is 66.0 Å². The van der Waals surface area contributed by atoms with Crippen molar-refractivity contribution in [2.45, 2.75) is 51.5 Å². The van der Waals surface area contributed by atoms with E-state index in [0.29, 0.717) is 18.3 Å². The molecule has 0 bridgehead atoms. The van der Waals surface area contributed by atoms with Gasteiger partial charge in [-0.2, -0.15) is 11.8 Å². The molecule has 1 unspecified atom stereocenters. The molecule has 1 amide bonds. The fourth-order valence-electron chi connectivity index (χ4n) is 1.85. The Morgan fingerprint density at radius 2 is 2.09 bits per heavy atom. The van der Waals surface area contributed by atoms with Gasteiger partial charge in [-0.3, -0.25) is 4.99 Å². The molecule has 1 heterocycles. The van der Waals surface area contributed by atoms with E-state index in [4.69, 9.17) is 4.74 Å². The van der Waals surface area contributed by atoms with Crippen LogP contribution in [0.1, 0.15) is 34.6 Å². The van der Waals surface area contributed by atoms with Gasteiger partial charge in [0, 0.05) is 24.9 Å². The van der Waals surface area contributed by atoms with E-state index in [1.165, 1.54) is 0 Å². The molecule has 1 fully saturated rings. The van der Waals surface area contributed by atoms with E-state index in [1.807, 2.05) is 27.7 Å². The Morgan fingerprint density at radius 1 is 1.45 bits per heavy atom. The lowest BCUT2D eigenvalue weighted by molar-refractivity contribution is 0.00701. The van der Waals surface area contributed by atoms with E-state index in [2.05, 4.69) is 28.8 Å². The minimum Gasteiger partial charge on any atom is -0.444 e. The lowest BCUT2D eigenvalue weighted by Gasteiger charge is -2.40. The van der Waals surface area contributed by atoms with Crippen molar-refractivity contribution in [2.75, 3.05) is 32.4 Å². The number of nitrogens with one attached hydrogen (secondary N) is 2. The smallest absolute Gasteiger partial charge is 0.410 e. The Bertz CT molecular complexity index is 389. The van der Waals surface area contributed by atoms with Gasteiger partial charge < -0.3 is 20.3 Å². The highest BCUT2D eigenvalue weighted by Crippen LogP contribution is 2.15. The van der Waals surface area contributed by atoms with Crippen LogP contribution in [0.15, 0.2) is 4.99 Å². The zero-order valence-electron chi connectivity index (χ0n) is 14.6. The first-order valence-electron chi connectivity index (χ1n) is 7.80. The molecule has 128 valence electrons. The van der Waals surface area contributed by atoms with Crippen LogP contribution in [-0.2, 0) is 4.74 Å². The van der Waals surface area contributed by atoms with Crippen LogP contribution in [0, 0.1) is 0 Å². The average molecular weight is 330 g/mol. The number of guanidine groups is 1.